The highest BCUT2D eigenvalue weighted by Gasteiger charge is 2.27. The summed E-state index contributed by atoms with van der Waals surface area (Å²) in [4.78, 5) is 16.5. The van der Waals surface area contributed by atoms with E-state index in [4.69, 9.17) is 4.74 Å². The second-order valence-electron chi connectivity index (χ2n) is 6.09. The van der Waals surface area contributed by atoms with Crippen LogP contribution >= 0.6 is 0 Å². The zero-order valence-corrected chi connectivity index (χ0v) is 12.2. The third-order valence-corrected chi connectivity index (χ3v) is 3.61. The maximum Gasteiger partial charge on any atom is 0.287 e. The minimum absolute atomic E-state index is 0.0140. The van der Waals surface area contributed by atoms with Gasteiger partial charge in [-0.2, -0.15) is 0 Å². The summed E-state index contributed by atoms with van der Waals surface area (Å²) in [5, 5.41) is 10.6. The molecule has 1 fully saturated rings. The summed E-state index contributed by atoms with van der Waals surface area (Å²) in [7, 11) is 0. The van der Waals surface area contributed by atoms with E-state index in [9.17, 15) is 10.1 Å². The van der Waals surface area contributed by atoms with Gasteiger partial charge in [0, 0.05) is 30.8 Å². The van der Waals surface area contributed by atoms with E-state index in [1.54, 1.807) is 6.07 Å². The second kappa shape index (κ2) is 5.75. The van der Waals surface area contributed by atoms with Crippen LogP contribution in [-0.4, -0.2) is 39.5 Å². The number of piperidine rings is 1. The Hall–Kier alpha value is -1.69. The summed E-state index contributed by atoms with van der Waals surface area (Å²) in [5.41, 5.74) is 0.177. The van der Waals surface area contributed by atoms with Crippen molar-refractivity contribution in [3.05, 3.63) is 28.4 Å². The molecular weight excluding hydrogens is 258 g/mol. The normalized spacial score (nSPS) is 17.9. The predicted octanol–water partition coefficient (Wildman–Crippen LogP) is 2.63. The molecule has 0 aliphatic carbocycles. The van der Waals surface area contributed by atoms with Crippen LogP contribution in [0.15, 0.2) is 18.3 Å². The molecule has 0 bridgehead atoms. The van der Waals surface area contributed by atoms with Crippen molar-refractivity contribution in [2.75, 3.05) is 13.1 Å². The van der Waals surface area contributed by atoms with Gasteiger partial charge >= 0.3 is 0 Å². The van der Waals surface area contributed by atoms with Crippen LogP contribution in [-0.2, 0) is 0 Å². The predicted molar refractivity (Wildman–Crippen MR) is 75.9 cm³/mol. The lowest BCUT2D eigenvalue weighted by Crippen LogP contribution is -2.48. The average molecular weight is 279 g/mol. The van der Waals surface area contributed by atoms with E-state index < -0.39 is 4.92 Å². The minimum Gasteiger partial charge on any atom is -0.474 e. The highest BCUT2D eigenvalue weighted by atomic mass is 16.6. The molecule has 0 amide bonds. The Morgan fingerprint density at radius 1 is 1.35 bits per heavy atom. The van der Waals surface area contributed by atoms with Gasteiger partial charge in [-0.1, -0.05) is 0 Å². The Labute approximate surface area is 118 Å². The van der Waals surface area contributed by atoms with Gasteiger partial charge in [0.05, 0.1) is 4.92 Å². The molecule has 0 unspecified atom stereocenters. The molecule has 1 saturated heterocycles. The number of nitro groups is 1. The van der Waals surface area contributed by atoms with Crippen molar-refractivity contribution >= 4 is 5.69 Å². The number of rotatable bonds is 3. The van der Waals surface area contributed by atoms with E-state index in [0.717, 1.165) is 25.9 Å². The molecule has 0 spiro atoms. The van der Waals surface area contributed by atoms with E-state index in [0.29, 0.717) is 5.88 Å². The number of likely N-dealkylation sites (tertiary alicyclic amines) is 1. The van der Waals surface area contributed by atoms with Crippen LogP contribution in [0.2, 0.25) is 0 Å². The van der Waals surface area contributed by atoms with Gasteiger partial charge in [-0.3, -0.25) is 15.0 Å². The number of nitrogens with zero attached hydrogens (tertiary/aromatic N) is 3. The quantitative estimate of drug-likeness (QED) is 0.628. The van der Waals surface area contributed by atoms with E-state index in [1.807, 2.05) is 0 Å². The third-order valence-electron chi connectivity index (χ3n) is 3.61. The second-order valence-corrected chi connectivity index (χ2v) is 6.09. The van der Waals surface area contributed by atoms with Crippen LogP contribution < -0.4 is 4.74 Å². The van der Waals surface area contributed by atoms with Gasteiger partial charge in [0.1, 0.15) is 12.3 Å². The fourth-order valence-corrected chi connectivity index (χ4v) is 2.37. The van der Waals surface area contributed by atoms with Crippen molar-refractivity contribution in [1.82, 2.24) is 9.88 Å². The van der Waals surface area contributed by atoms with Crippen molar-refractivity contribution in [3.8, 4) is 5.88 Å². The van der Waals surface area contributed by atoms with E-state index in [2.05, 4.69) is 30.7 Å². The Kier molecular flexibility index (Phi) is 4.23. The number of pyridine rings is 1. The number of hydrogen-bond donors (Lipinski definition) is 0. The summed E-state index contributed by atoms with van der Waals surface area (Å²) in [5.74, 6) is 0.463. The number of hydrogen-bond acceptors (Lipinski definition) is 5. The Morgan fingerprint density at radius 3 is 2.45 bits per heavy atom. The van der Waals surface area contributed by atoms with Gasteiger partial charge in [0.25, 0.3) is 5.69 Å². The van der Waals surface area contributed by atoms with E-state index >= 15 is 0 Å². The van der Waals surface area contributed by atoms with Crippen LogP contribution in [0, 0.1) is 10.1 Å². The molecule has 1 aromatic heterocycles. The average Bonchev–Trinajstić information content (AvgIpc) is 2.39. The van der Waals surface area contributed by atoms with Crippen LogP contribution in [0.3, 0.4) is 0 Å². The standard InChI is InChI=1S/C14H21N3O3/c1-14(2,3)16-8-6-12(7-9-16)20-13-5-4-11(10-15-13)17(18)19/h4-5,10,12H,6-9H2,1-3H3. The SMILES string of the molecule is CC(C)(C)N1CCC(Oc2ccc([N+](=O)[O-])cn2)CC1. The zero-order chi connectivity index (χ0) is 14.8. The van der Waals surface area contributed by atoms with Crippen LogP contribution in [0.5, 0.6) is 5.88 Å². The monoisotopic (exact) mass is 279 g/mol. The topological polar surface area (TPSA) is 68.5 Å². The minimum atomic E-state index is -0.460. The van der Waals surface area contributed by atoms with Crippen molar-refractivity contribution in [3.63, 3.8) is 0 Å². The Bertz CT molecular complexity index is 460. The van der Waals surface area contributed by atoms with Gasteiger partial charge in [-0.15, -0.1) is 0 Å². The summed E-state index contributed by atoms with van der Waals surface area (Å²) in [6, 6.07) is 2.99. The fraction of sp³-hybridized carbons (Fsp3) is 0.643. The first-order chi connectivity index (χ1) is 9.36. The fourth-order valence-electron chi connectivity index (χ4n) is 2.37. The van der Waals surface area contributed by atoms with Crippen LogP contribution in [0.1, 0.15) is 33.6 Å². The molecule has 0 radical (unpaired) electrons. The first-order valence-electron chi connectivity index (χ1n) is 6.88. The lowest BCUT2D eigenvalue weighted by atomic mass is 9.99. The Morgan fingerprint density at radius 2 is 2.00 bits per heavy atom. The van der Waals surface area contributed by atoms with Gasteiger partial charge in [-0.25, -0.2) is 4.98 Å². The molecule has 0 aromatic carbocycles. The van der Waals surface area contributed by atoms with E-state index in [-0.39, 0.29) is 17.3 Å². The van der Waals surface area contributed by atoms with Gasteiger partial charge in [0.15, 0.2) is 0 Å². The molecule has 0 atom stereocenters. The van der Waals surface area contributed by atoms with Crippen molar-refractivity contribution < 1.29 is 9.66 Å². The van der Waals surface area contributed by atoms with Crippen LogP contribution in [0.25, 0.3) is 0 Å². The highest BCUT2D eigenvalue weighted by molar-refractivity contribution is 5.28. The smallest absolute Gasteiger partial charge is 0.287 e. The zero-order valence-electron chi connectivity index (χ0n) is 12.2. The largest absolute Gasteiger partial charge is 0.474 e. The van der Waals surface area contributed by atoms with Gasteiger partial charge in [0.2, 0.25) is 5.88 Å². The number of ether oxygens (including phenoxy) is 1. The summed E-state index contributed by atoms with van der Waals surface area (Å²) < 4.78 is 5.79. The highest BCUT2D eigenvalue weighted by Crippen LogP contribution is 2.23. The molecule has 110 valence electrons. The molecule has 6 heteroatoms. The van der Waals surface area contributed by atoms with Gasteiger partial charge < -0.3 is 4.74 Å². The molecule has 2 heterocycles. The summed E-state index contributed by atoms with van der Waals surface area (Å²) >= 11 is 0. The van der Waals surface area contributed by atoms with Crippen molar-refractivity contribution in [1.29, 1.82) is 0 Å². The molecule has 6 nitrogen and oxygen atoms in total. The molecule has 0 saturated carbocycles. The molecule has 1 aliphatic rings. The first-order valence-corrected chi connectivity index (χ1v) is 6.88. The van der Waals surface area contributed by atoms with Crippen molar-refractivity contribution in [2.45, 2.75) is 45.3 Å². The van der Waals surface area contributed by atoms with Gasteiger partial charge in [-0.05, 0) is 33.6 Å². The molecule has 2 rings (SSSR count). The lowest BCUT2D eigenvalue weighted by Gasteiger charge is -2.40. The van der Waals surface area contributed by atoms with E-state index in [1.165, 1.54) is 12.3 Å². The number of aromatic nitrogens is 1. The molecule has 0 N–H and O–H groups in total. The molecule has 1 aliphatic heterocycles. The maximum absolute atomic E-state index is 10.6. The Balaban J connectivity index is 1.88. The summed E-state index contributed by atoms with van der Waals surface area (Å²) in [6.07, 6.45) is 3.29. The van der Waals surface area contributed by atoms with Crippen LogP contribution in [0.4, 0.5) is 5.69 Å². The molecular formula is C14H21N3O3. The third kappa shape index (κ3) is 3.66. The maximum atomic E-state index is 10.6. The van der Waals surface area contributed by atoms with Crippen molar-refractivity contribution in [2.24, 2.45) is 0 Å². The molecule has 20 heavy (non-hydrogen) atoms. The molecule has 1 aromatic rings. The lowest BCUT2D eigenvalue weighted by molar-refractivity contribution is -0.385. The first kappa shape index (κ1) is 14.7. The summed E-state index contributed by atoms with van der Waals surface area (Å²) in [6.45, 7) is 8.65.